The van der Waals surface area contributed by atoms with Gasteiger partial charge in [-0.25, -0.2) is 28.8 Å². The first-order chi connectivity index (χ1) is 38.8. The Kier molecular flexibility index (Phi) is 35.8. The second-order valence-corrected chi connectivity index (χ2v) is 25.5. The minimum absolute atomic E-state index is 0.0143. The number of carbonyl (C=O) groups excluding carboxylic acids is 8. The first-order valence-electron chi connectivity index (χ1n) is 29.2. The van der Waals surface area contributed by atoms with Gasteiger partial charge in [-0.3, -0.25) is 9.59 Å². The molecule has 502 valence electrons. The molecule has 24 heteroatoms. The highest BCUT2D eigenvalue weighted by Crippen LogP contribution is 2.42. The zero-order valence-corrected chi connectivity index (χ0v) is 54.9. The molecule has 0 radical (unpaired) electrons. The fraction of sp³-hybridized carbons (Fsp3) is 0.806. The number of esters is 8. The third kappa shape index (κ3) is 31.0. The number of alkyl halides is 8. The van der Waals surface area contributed by atoms with Gasteiger partial charge in [0, 0.05) is 47.7 Å². The maximum absolute atomic E-state index is 14.3. The molecular formula is C62H102F8O16. The van der Waals surface area contributed by atoms with E-state index < -0.39 is 152 Å². The average Bonchev–Trinajstić information content (AvgIpc) is 2.32. The van der Waals surface area contributed by atoms with E-state index in [4.69, 9.17) is 23.7 Å². The highest BCUT2D eigenvalue weighted by molar-refractivity contribution is 5.87. The van der Waals surface area contributed by atoms with Gasteiger partial charge in [-0.2, -0.15) is 35.1 Å². The molecular weight excluding hydrogens is 1150 g/mol. The molecule has 0 saturated heterocycles. The lowest BCUT2D eigenvalue weighted by Crippen LogP contribution is -2.46. The molecule has 0 fully saturated rings. The molecule has 0 rings (SSSR count). The van der Waals surface area contributed by atoms with E-state index in [-0.39, 0.29) is 60.9 Å². The maximum Gasteiger partial charge on any atom is 0.377 e. The number of rotatable bonds is 35. The minimum atomic E-state index is -3.89. The summed E-state index contributed by atoms with van der Waals surface area (Å²) in [7, 11) is 0. The first-order valence-corrected chi connectivity index (χ1v) is 29.2. The minimum Gasteiger partial charge on any atom is -0.461 e. The maximum atomic E-state index is 14.3. The molecule has 0 bridgehead atoms. The molecule has 0 heterocycles. The van der Waals surface area contributed by atoms with E-state index in [9.17, 15) is 73.5 Å². The van der Waals surface area contributed by atoms with Crippen LogP contribution in [0.5, 0.6) is 0 Å². The largest absolute Gasteiger partial charge is 0.461 e. The standard InChI is InChI=1S/C32H54F4O8.C19H28F4O6.C11H20O2/c1-12-15-17-31(33,34)25(39)42-20-22(43-26(40)32(35,36)18-16-13-2)19-41-24(38)30(11,14-3)21-28(7,8)23(37)44-29(9,10)27(4,5)6;1-5-7-9-18(20,21)16(25)28-12-14(11-27-15(24)13(3)4)29-17(26)19(22,23)10-8-6-2;1-8(2)9(12)13-11(6,7)10(3,4)5/h22H,12-21H2,1-11H3;14H,3,5-12H2,1-2,4H3;1H2,2-7H3. The van der Waals surface area contributed by atoms with E-state index in [1.807, 2.05) is 55.4 Å². The molecule has 0 aromatic carbocycles. The molecule has 0 spiro atoms. The lowest BCUT2D eigenvalue weighted by atomic mass is 9.72. The van der Waals surface area contributed by atoms with Crippen LogP contribution in [0.25, 0.3) is 0 Å². The van der Waals surface area contributed by atoms with Crippen molar-refractivity contribution < 1.29 is 111 Å². The van der Waals surface area contributed by atoms with Gasteiger partial charge >= 0.3 is 71.4 Å². The molecule has 3 unspecified atom stereocenters. The Hall–Kier alpha value is -5.32. The van der Waals surface area contributed by atoms with E-state index in [2.05, 4.69) is 27.4 Å². The number of carbonyl (C=O) groups is 8. The summed E-state index contributed by atoms with van der Waals surface area (Å²) in [6.45, 7) is 38.6. The normalized spacial score (nSPS) is 14.0. The van der Waals surface area contributed by atoms with Gasteiger partial charge in [-0.05, 0) is 101 Å². The van der Waals surface area contributed by atoms with Crippen LogP contribution in [-0.4, -0.2) is 121 Å². The fourth-order valence-electron chi connectivity index (χ4n) is 6.28. The van der Waals surface area contributed by atoms with Crippen LogP contribution in [-0.2, 0) is 76.3 Å². The number of hydrogen-bond donors (Lipinski definition) is 0. The van der Waals surface area contributed by atoms with Gasteiger partial charge in [-0.1, -0.05) is 115 Å². The molecule has 0 aliphatic rings. The molecule has 0 aromatic rings. The molecule has 0 aliphatic carbocycles. The molecule has 16 nitrogen and oxygen atoms in total. The van der Waals surface area contributed by atoms with Crippen LogP contribution in [0, 0.1) is 21.7 Å². The molecule has 0 N–H and O–H groups in total. The van der Waals surface area contributed by atoms with Crippen molar-refractivity contribution in [1.29, 1.82) is 0 Å². The van der Waals surface area contributed by atoms with Crippen molar-refractivity contribution in [2.75, 3.05) is 26.4 Å². The third-order valence-corrected chi connectivity index (χ3v) is 14.4. The second-order valence-electron chi connectivity index (χ2n) is 25.5. The summed E-state index contributed by atoms with van der Waals surface area (Å²) in [6.07, 6.45) is -4.61. The Morgan fingerprint density at radius 2 is 0.663 bits per heavy atom. The molecule has 0 saturated carbocycles. The van der Waals surface area contributed by atoms with Crippen molar-refractivity contribution in [1.82, 2.24) is 0 Å². The van der Waals surface area contributed by atoms with Crippen LogP contribution in [0.3, 0.4) is 0 Å². The zero-order chi connectivity index (χ0) is 68.3. The average molecular weight is 1260 g/mol. The first kappa shape index (κ1) is 84.9. The van der Waals surface area contributed by atoms with Crippen molar-refractivity contribution in [2.45, 2.75) is 275 Å². The Labute approximate surface area is 505 Å². The monoisotopic (exact) mass is 1250 g/mol. The van der Waals surface area contributed by atoms with Gasteiger partial charge in [0.2, 0.25) is 0 Å². The van der Waals surface area contributed by atoms with Crippen molar-refractivity contribution in [3.8, 4) is 0 Å². The summed E-state index contributed by atoms with van der Waals surface area (Å²) in [4.78, 5) is 96.8. The molecule has 0 amide bonds. The molecule has 86 heavy (non-hydrogen) atoms. The van der Waals surface area contributed by atoms with Gasteiger partial charge in [0.25, 0.3) is 0 Å². The molecule has 0 aromatic heterocycles. The van der Waals surface area contributed by atoms with Gasteiger partial charge in [0.1, 0.15) is 37.6 Å². The van der Waals surface area contributed by atoms with E-state index in [1.165, 1.54) is 6.92 Å². The topological polar surface area (TPSA) is 210 Å². The van der Waals surface area contributed by atoms with E-state index in [0.717, 1.165) is 0 Å². The van der Waals surface area contributed by atoms with Crippen LogP contribution in [0.1, 0.15) is 228 Å². The number of unbranched alkanes of at least 4 members (excludes halogenated alkanes) is 4. The van der Waals surface area contributed by atoms with Crippen LogP contribution >= 0.6 is 0 Å². The van der Waals surface area contributed by atoms with Gasteiger partial charge in [0.15, 0.2) is 12.2 Å². The molecule has 3 atom stereocenters. The second kappa shape index (κ2) is 36.2. The fourth-order valence-corrected chi connectivity index (χ4v) is 6.28. The summed E-state index contributed by atoms with van der Waals surface area (Å²) in [5.74, 6) is -25.6. The summed E-state index contributed by atoms with van der Waals surface area (Å²) in [5.41, 5.74) is -3.76. The highest BCUT2D eigenvalue weighted by atomic mass is 19.3. The highest BCUT2D eigenvalue weighted by Gasteiger charge is 2.49. The third-order valence-electron chi connectivity index (χ3n) is 14.4. The van der Waals surface area contributed by atoms with Crippen LogP contribution in [0.4, 0.5) is 35.1 Å². The van der Waals surface area contributed by atoms with Crippen molar-refractivity contribution in [3.05, 3.63) is 24.3 Å². The van der Waals surface area contributed by atoms with Crippen molar-refractivity contribution in [3.63, 3.8) is 0 Å². The van der Waals surface area contributed by atoms with E-state index >= 15 is 0 Å². The number of ether oxygens (including phenoxy) is 8. The van der Waals surface area contributed by atoms with Crippen molar-refractivity contribution >= 4 is 47.8 Å². The van der Waals surface area contributed by atoms with Gasteiger partial charge < -0.3 is 37.9 Å². The Morgan fingerprint density at radius 3 is 0.942 bits per heavy atom. The molecule has 0 aliphatic heterocycles. The smallest absolute Gasteiger partial charge is 0.377 e. The van der Waals surface area contributed by atoms with E-state index in [0.29, 0.717) is 31.3 Å². The summed E-state index contributed by atoms with van der Waals surface area (Å²) < 4.78 is 151. The SMILES string of the molecule is C=C(C)C(=O)OC(C)(C)C(C)(C)C.C=C(C)C(=O)OCC(COC(=O)C(F)(F)CCCC)OC(=O)C(F)(F)CCCC.CCCCC(F)(F)C(=O)OCC(COC(=O)C(C)(CC)CC(C)(C)C(=O)OC(C)(C)C(C)(C)C)OC(=O)C(F)(F)CCCC. The zero-order valence-electron chi connectivity index (χ0n) is 54.9. The predicted octanol–water partition coefficient (Wildman–Crippen LogP) is 15.0. The predicted molar refractivity (Wildman–Crippen MR) is 307 cm³/mol. The van der Waals surface area contributed by atoms with Crippen molar-refractivity contribution in [2.24, 2.45) is 21.7 Å². The lowest BCUT2D eigenvalue weighted by molar-refractivity contribution is -0.194. The van der Waals surface area contributed by atoms with Crippen LogP contribution < -0.4 is 0 Å². The quantitative estimate of drug-likeness (QED) is 0.0250. The summed E-state index contributed by atoms with van der Waals surface area (Å²) in [6, 6.07) is 0. The van der Waals surface area contributed by atoms with Crippen LogP contribution in [0.2, 0.25) is 0 Å². The summed E-state index contributed by atoms with van der Waals surface area (Å²) in [5, 5.41) is 0. The summed E-state index contributed by atoms with van der Waals surface area (Å²) >= 11 is 0. The number of hydrogen-bond acceptors (Lipinski definition) is 16. The lowest BCUT2D eigenvalue weighted by Gasteiger charge is -2.41. The Morgan fingerprint density at radius 1 is 0.384 bits per heavy atom. The Bertz CT molecular complexity index is 2210. The number of halogens is 8. The van der Waals surface area contributed by atoms with Gasteiger partial charge in [-0.15, -0.1) is 0 Å². The van der Waals surface area contributed by atoms with Crippen LogP contribution in [0.15, 0.2) is 24.3 Å². The van der Waals surface area contributed by atoms with E-state index in [1.54, 1.807) is 76.2 Å². The van der Waals surface area contributed by atoms with Gasteiger partial charge in [0.05, 0.1) is 10.8 Å². The Balaban J connectivity index is -0.00000139.